The zero-order valence-electron chi connectivity index (χ0n) is 14.2. The SMILES string of the molecule is Cc1ccc(-c2nc(N)nc3c2ncc(=O)n3CCc2ccccc2)o1. The van der Waals surface area contributed by atoms with Crippen molar-refractivity contribution in [3.05, 3.63) is 70.3 Å². The van der Waals surface area contributed by atoms with Gasteiger partial charge < -0.3 is 10.2 Å². The Hall–Kier alpha value is -3.48. The molecule has 0 bridgehead atoms. The molecule has 4 rings (SSSR count). The minimum atomic E-state index is -0.229. The van der Waals surface area contributed by atoms with E-state index in [4.69, 9.17) is 10.2 Å². The van der Waals surface area contributed by atoms with Crippen LogP contribution in [0.15, 0.2) is 57.9 Å². The fourth-order valence-electron chi connectivity index (χ4n) is 2.90. The van der Waals surface area contributed by atoms with E-state index in [2.05, 4.69) is 15.0 Å². The van der Waals surface area contributed by atoms with Crippen LogP contribution < -0.4 is 11.3 Å². The summed E-state index contributed by atoms with van der Waals surface area (Å²) in [5.41, 5.74) is 8.17. The van der Waals surface area contributed by atoms with Gasteiger partial charge in [-0.15, -0.1) is 0 Å². The van der Waals surface area contributed by atoms with E-state index in [1.54, 1.807) is 10.6 Å². The molecule has 0 unspecified atom stereocenters. The number of benzene rings is 1. The van der Waals surface area contributed by atoms with E-state index in [-0.39, 0.29) is 11.5 Å². The number of aryl methyl sites for hydroxylation is 3. The van der Waals surface area contributed by atoms with Crippen molar-refractivity contribution in [2.24, 2.45) is 0 Å². The van der Waals surface area contributed by atoms with E-state index in [0.717, 1.165) is 11.3 Å². The van der Waals surface area contributed by atoms with Crippen molar-refractivity contribution in [3.63, 3.8) is 0 Å². The summed E-state index contributed by atoms with van der Waals surface area (Å²) in [6, 6.07) is 13.6. The number of anilines is 1. The molecule has 0 atom stereocenters. The molecule has 0 spiro atoms. The Labute approximate surface area is 149 Å². The number of rotatable bonds is 4. The maximum Gasteiger partial charge on any atom is 0.270 e. The monoisotopic (exact) mass is 347 g/mol. The molecule has 26 heavy (non-hydrogen) atoms. The lowest BCUT2D eigenvalue weighted by atomic mass is 10.1. The van der Waals surface area contributed by atoms with Crippen molar-refractivity contribution >= 4 is 17.1 Å². The van der Waals surface area contributed by atoms with E-state index >= 15 is 0 Å². The number of aromatic nitrogens is 4. The van der Waals surface area contributed by atoms with Gasteiger partial charge in [-0.3, -0.25) is 9.36 Å². The summed E-state index contributed by atoms with van der Waals surface area (Å²) >= 11 is 0. The van der Waals surface area contributed by atoms with Crippen LogP contribution in [-0.2, 0) is 13.0 Å². The first-order chi connectivity index (χ1) is 12.6. The lowest BCUT2D eigenvalue weighted by Gasteiger charge is -2.11. The number of fused-ring (bicyclic) bond motifs is 1. The zero-order valence-corrected chi connectivity index (χ0v) is 14.2. The average molecular weight is 347 g/mol. The number of nitrogens with two attached hydrogens (primary N) is 1. The van der Waals surface area contributed by atoms with Gasteiger partial charge in [-0.1, -0.05) is 30.3 Å². The van der Waals surface area contributed by atoms with E-state index < -0.39 is 0 Å². The molecule has 4 aromatic rings. The Morgan fingerprint density at radius 3 is 2.65 bits per heavy atom. The van der Waals surface area contributed by atoms with Crippen LogP contribution in [0.4, 0.5) is 5.95 Å². The van der Waals surface area contributed by atoms with Crippen LogP contribution in [0.1, 0.15) is 11.3 Å². The maximum absolute atomic E-state index is 12.4. The standard InChI is InChI=1S/C19H17N5O2/c1-12-7-8-14(26-12)16-17-18(23-19(20)22-16)24(15(25)11-21-17)10-9-13-5-3-2-4-6-13/h2-8,11H,9-10H2,1H3,(H2,20,22,23). The van der Waals surface area contributed by atoms with E-state index in [0.29, 0.717) is 35.6 Å². The van der Waals surface area contributed by atoms with Gasteiger partial charge >= 0.3 is 0 Å². The fourth-order valence-corrected chi connectivity index (χ4v) is 2.90. The summed E-state index contributed by atoms with van der Waals surface area (Å²) < 4.78 is 7.23. The van der Waals surface area contributed by atoms with Crippen molar-refractivity contribution in [2.75, 3.05) is 5.73 Å². The third-order valence-corrected chi connectivity index (χ3v) is 4.15. The van der Waals surface area contributed by atoms with Crippen molar-refractivity contribution < 1.29 is 4.42 Å². The number of hydrogen-bond acceptors (Lipinski definition) is 6. The Kier molecular flexibility index (Phi) is 3.96. The molecular weight excluding hydrogens is 330 g/mol. The molecule has 7 nitrogen and oxygen atoms in total. The molecule has 1 aromatic carbocycles. The second kappa shape index (κ2) is 6.44. The lowest BCUT2D eigenvalue weighted by molar-refractivity contribution is 0.546. The predicted octanol–water partition coefficient (Wildman–Crippen LogP) is 2.58. The summed E-state index contributed by atoms with van der Waals surface area (Å²) in [6.07, 6.45) is 1.98. The van der Waals surface area contributed by atoms with Gasteiger partial charge in [0, 0.05) is 6.54 Å². The third-order valence-electron chi connectivity index (χ3n) is 4.15. The molecule has 0 amide bonds. The Balaban J connectivity index is 1.84. The maximum atomic E-state index is 12.4. The van der Waals surface area contributed by atoms with Crippen LogP contribution in [0.25, 0.3) is 22.6 Å². The minimum absolute atomic E-state index is 0.0717. The van der Waals surface area contributed by atoms with Gasteiger partial charge in [0.15, 0.2) is 11.4 Å². The molecule has 3 aromatic heterocycles. The molecule has 0 aliphatic rings. The first kappa shape index (κ1) is 16.0. The zero-order chi connectivity index (χ0) is 18.1. The fraction of sp³-hybridized carbons (Fsp3) is 0.158. The Bertz CT molecular complexity index is 1130. The molecule has 0 saturated heterocycles. The lowest BCUT2D eigenvalue weighted by Crippen LogP contribution is -2.23. The number of nitrogens with zero attached hydrogens (tertiary/aromatic N) is 4. The highest BCUT2D eigenvalue weighted by atomic mass is 16.3. The summed E-state index contributed by atoms with van der Waals surface area (Å²) in [7, 11) is 0. The smallest absolute Gasteiger partial charge is 0.270 e. The summed E-state index contributed by atoms with van der Waals surface area (Å²) in [6.45, 7) is 2.31. The van der Waals surface area contributed by atoms with Crippen LogP contribution >= 0.6 is 0 Å². The number of hydrogen-bond donors (Lipinski definition) is 1. The van der Waals surface area contributed by atoms with Crippen molar-refractivity contribution in [1.29, 1.82) is 0 Å². The highest BCUT2D eigenvalue weighted by molar-refractivity contribution is 5.86. The second-order valence-corrected chi connectivity index (χ2v) is 6.00. The van der Waals surface area contributed by atoms with E-state index in [1.165, 1.54) is 6.20 Å². The number of furan rings is 1. The molecule has 0 radical (unpaired) electrons. The molecule has 3 heterocycles. The molecule has 7 heteroatoms. The van der Waals surface area contributed by atoms with Crippen LogP contribution in [0.5, 0.6) is 0 Å². The largest absolute Gasteiger partial charge is 0.460 e. The molecule has 130 valence electrons. The van der Waals surface area contributed by atoms with Gasteiger partial charge in [0.05, 0.1) is 6.20 Å². The van der Waals surface area contributed by atoms with Gasteiger partial charge in [0.2, 0.25) is 5.95 Å². The van der Waals surface area contributed by atoms with Crippen LogP contribution in [0, 0.1) is 6.92 Å². The minimum Gasteiger partial charge on any atom is -0.460 e. The summed E-state index contributed by atoms with van der Waals surface area (Å²) in [4.78, 5) is 25.2. The van der Waals surface area contributed by atoms with E-state index in [1.807, 2.05) is 43.3 Å². The molecule has 0 aliphatic heterocycles. The Morgan fingerprint density at radius 1 is 1.12 bits per heavy atom. The van der Waals surface area contributed by atoms with Crippen molar-refractivity contribution in [2.45, 2.75) is 19.9 Å². The summed E-state index contributed by atoms with van der Waals surface area (Å²) in [5, 5.41) is 0. The van der Waals surface area contributed by atoms with Gasteiger partial charge in [-0.2, -0.15) is 4.98 Å². The topological polar surface area (TPSA) is 99.8 Å². The van der Waals surface area contributed by atoms with Crippen molar-refractivity contribution in [1.82, 2.24) is 19.5 Å². The summed E-state index contributed by atoms with van der Waals surface area (Å²) in [5.74, 6) is 1.37. The van der Waals surface area contributed by atoms with E-state index in [9.17, 15) is 4.79 Å². The van der Waals surface area contributed by atoms with Crippen LogP contribution in [0.2, 0.25) is 0 Å². The average Bonchev–Trinajstić information content (AvgIpc) is 3.07. The van der Waals surface area contributed by atoms with Gasteiger partial charge in [-0.25, -0.2) is 9.97 Å². The quantitative estimate of drug-likeness (QED) is 0.609. The van der Waals surface area contributed by atoms with Crippen LogP contribution in [-0.4, -0.2) is 19.5 Å². The predicted molar refractivity (Wildman–Crippen MR) is 98.6 cm³/mol. The normalized spacial score (nSPS) is 11.1. The Morgan fingerprint density at radius 2 is 1.92 bits per heavy atom. The van der Waals surface area contributed by atoms with Gasteiger partial charge in [0.25, 0.3) is 5.56 Å². The van der Waals surface area contributed by atoms with Crippen molar-refractivity contribution in [3.8, 4) is 11.5 Å². The highest BCUT2D eigenvalue weighted by Gasteiger charge is 2.16. The third kappa shape index (κ3) is 2.95. The molecular formula is C19H17N5O2. The first-order valence-corrected chi connectivity index (χ1v) is 8.25. The van der Waals surface area contributed by atoms with Crippen LogP contribution in [0.3, 0.4) is 0 Å². The van der Waals surface area contributed by atoms with Gasteiger partial charge in [0.1, 0.15) is 17.0 Å². The first-order valence-electron chi connectivity index (χ1n) is 8.25. The molecule has 2 N–H and O–H groups in total. The number of nitrogen functional groups attached to an aromatic ring is 1. The molecule has 0 fully saturated rings. The molecule has 0 saturated carbocycles. The second-order valence-electron chi connectivity index (χ2n) is 6.00. The molecule has 0 aliphatic carbocycles. The van der Waals surface area contributed by atoms with Gasteiger partial charge in [-0.05, 0) is 31.0 Å². The highest BCUT2D eigenvalue weighted by Crippen LogP contribution is 2.26.